The number of aliphatic hydroxyl groups excluding tert-OH is 3. The molecule has 31 heavy (non-hydrogen) atoms. The van der Waals surface area contributed by atoms with Gasteiger partial charge in [-0.1, -0.05) is 42.0 Å². The van der Waals surface area contributed by atoms with Crippen LogP contribution in [0, 0.1) is 6.92 Å². The van der Waals surface area contributed by atoms with E-state index in [4.69, 9.17) is 0 Å². The molecule has 0 bridgehead atoms. The molecule has 0 saturated heterocycles. The van der Waals surface area contributed by atoms with Gasteiger partial charge in [-0.2, -0.15) is 0 Å². The molecule has 2 aromatic rings. The quantitative estimate of drug-likeness (QED) is 0.327. The Morgan fingerprint density at radius 1 is 1.03 bits per heavy atom. The van der Waals surface area contributed by atoms with E-state index >= 15 is 0 Å². The molecule has 0 heterocycles. The third-order valence-electron chi connectivity index (χ3n) is 7.17. The lowest BCUT2D eigenvalue weighted by Gasteiger charge is -2.80. The number of hydrogen-bond acceptors (Lipinski definition) is 7. The summed E-state index contributed by atoms with van der Waals surface area (Å²) in [7, 11) is 1.49. The second kappa shape index (κ2) is 7.09. The molecule has 7 N–H and O–H groups in total. The van der Waals surface area contributed by atoms with Crippen LogP contribution in [0.2, 0.25) is 0 Å². The maximum atomic E-state index is 11.8. The van der Waals surface area contributed by atoms with Crippen molar-refractivity contribution in [2.75, 3.05) is 13.7 Å². The van der Waals surface area contributed by atoms with E-state index in [0.29, 0.717) is 16.7 Å². The van der Waals surface area contributed by atoms with Gasteiger partial charge in [-0.3, -0.25) is 4.79 Å². The second-order valence-corrected chi connectivity index (χ2v) is 8.58. The minimum absolute atomic E-state index is 0.314. The number of carbonyl (C=O) groups excluding carboxylic acids is 1. The summed E-state index contributed by atoms with van der Waals surface area (Å²) in [6.07, 6.45) is -3.23. The van der Waals surface area contributed by atoms with Gasteiger partial charge in [-0.15, -0.1) is 0 Å². The van der Waals surface area contributed by atoms with Crippen LogP contribution in [0.25, 0.3) is 0 Å². The number of benzene rings is 2. The summed E-state index contributed by atoms with van der Waals surface area (Å²) in [5.41, 5.74) is -4.71. The largest absolute Gasteiger partial charge is 0.394 e. The van der Waals surface area contributed by atoms with Crippen LogP contribution in [-0.4, -0.2) is 79.2 Å². The van der Waals surface area contributed by atoms with E-state index in [0.717, 1.165) is 5.56 Å². The van der Waals surface area contributed by atoms with Crippen LogP contribution >= 0.6 is 0 Å². The molecule has 0 radical (unpaired) electrons. The standard InChI is InChI=1S/C23H27NO7/c1-12-3-5-14(6-4-12)18-21(29,16(26)11-25)23(31)17(19(27)22(18,23)30)13-7-9-15(10-8-13)20(28)24-2/h3-10,16-19,25-27,29-31H,11H2,1-2H3,(H,24,28)/t16-,17?,18?,19?,21+,22+,23+/m1/s1. The molecule has 4 rings (SSSR count). The lowest BCUT2D eigenvalue weighted by atomic mass is 9.30. The highest BCUT2D eigenvalue weighted by Crippen LogP contribution is 2.75. The van der Waals surface area contributed by atoms with Crippen LogP contribution in [0.15, 0.2) is 48.5 Å². The Labute approximate surface area is 179 Å². The molecule has 166 valence electrons. The summed E-state index contributed by atoms with van der Waals surface area (Å²) < 4.78 is 0. The fourth-order valence-corrected chi connectivity index (χ4v) is 5.56. The zero-order chi connectivity index (χ0) is 22.8. The molecular formula is C23H27NO7. The molecule has 0 aromatic heterocycles. The van der Waals surface area contributed by atoms with E-state index in [1.807, 2.05) is 6.92 Å². The molecule has 8 heteroatoms. The first-order valence-electron chi connectivity index (χ1n) is 10.1. The third-order valence-corrected chi connectivity index (χ3v) is 7.17. The topological polar surface area (TPSA) is 150 Å². The first-order valence-corrected chi connectivity index (χ1v) is 10.1. The number of aliphatic hydroxyl groups is 6. The van der Waals surface area contributed by atoms with Crippen molar-refractivity contribution >= 4 is 5.91 Å². The Morgan fingerprint density at radius 2 is 1.58 bits per heavy atom. The average molecular weight is 429 g/mol. The Morgan fingerprint density at radius 3 is 2.10 bits per heavy atom. The number of nitrogens with one attached hydrogen (secondary N) is 1. The van der Waals surface area contributed by atoms with Crippen molar-refractivity contribution in [1.29, 1.82) is 0 Å². The first kappa shape index (κ1) is 21.9. The lowest BCUT2D eigenvalue weighted by molar-refractivity contribution is -0.459. The van der Waals surface area contributed by atoms with Gasteiger partial charge < -0.3 is 36.0 Å². The monoisotopic (exact) mass is 429 g/mol. The predicted octanol–water partition coefficient (Wildman–Crippen LogP) is -0.843. The van der Waals surface area contributed by atoms with E-state index in [-0.39, 0.29) is 5.91 Å². The van der Waals surface area contributed by atoms with Gasteiger partial charge in [0.15, 0.2) is 0 Å². The van der Waals surface area contributed by atoms with Crippen molar-refractivity contribution in [3.05, 3.63) is 70.8 Å². The lowest BCUT2D eigenvalue weighted by Crippen LogP contribution is -2.99. The van der Waals surface area contributed by atoms with Crippen LogP contribution in [0.3, 0.4) is 0 Å². The fourth-order valence-electron chi connectivity index (χ4n) is 5.56. The number of hydrogen-bond donors (Lipinski definition) is 7. The maximum absolute atomic E-state index is 11.8. The fraction of sp³-hybridized carbons (Fsp3) is 0.435. The Balaban J connectivity index is 1.79. The molecule has 2 aliphatic rings. The van der Waals surface area contributed by atoms with Crippen molar-refractivity contribution < 1.29 is 35.4 Å². The molecule has 0 spiro atoms. The molecule has 1 amide bonds. The van der Waals surface area contributed by atoms with Crippen LogP contribution in [0.5, 0.6) is 0 Å². The van der Waals surface area contributed by atoms with E-state index in [1.54, 1.807) is 24.3 Å². The molecule has 2 saturated carbocycles. The number of amides is 1. The van der Waals surface area contributed by atoms with Crippen molar-refractivity contribution in [3.63, 3.8) is 0 Å². The molecule has 8 nitrogen and oxygen atoms in total. The number of aryl methyl sites for hydroxylation is 1. The van der Waals surface area contributed by atoms with Crippen molar-refractivity contribution in [2.45, 2.75) is 47.8 Å². The van der Waals surface area contributed by atoms with Crippen LogP contribution in [-0.2, 0) is 0 Å². The average Bonchev–Trinajstić information content (AvgIpc) is 2.79. The molecule has 3 unspecified atom stereocenters. The van der Waals surface area contributed by atoms with Crippen LogP contribution in [0.4, 0.5) is 0 Å². The SMILES string of the molecule is CNC(=O)c1ccc(C2C(O)[C@@]3(O)C(c4ccc(C)cc4)[C@@](O)([C@H](O)CO)[C@@]23O)cc1. The number of carbonyl (C=O) groups is 1. The second-order valence-electron chi connectivity index (χ2n) is 8.58. The Kier molecular flexibility index (Phi) is 5.01. The molecular weight excluding hydrogens is 402 g/mol. The smallest absolute Gasteiger partial charge is 0.251 e. The highest BCUT2D eigenvalue weighted by Gasteiger charge is 2.93. The van der Waals surface area contributed by atoms with Gasteiger partial charge in [0.1, 0.15) is 22.9 Å². The zero-order valence-corrected chi connectivity index (χ0v) is 17.2. The van der Waals surface area contributed by atoms with Crippen LogP contribution in [0.1, 0.15) is 38.9 Å². The van der Waals surface area contributed by atoms with Gasteiger partial charge in [0.05, 0.1) is 18.6 Å². The molecule has 2 fully saturated rings. The Hall–Kier alpha value is -2.33. The molecule has 2 aliphatic carbocycles. The molecule has 7 atom stereocenters. The summed E-state index contributed by atoms with van der Waals surface area (Å²) in [6, 6.07) is 12.8. The van der Waals surface area contributed by atoms with Crippen molar-refractivity contribution in [1.82, 2.24) is 5.32 Å². The summed E-state index contributed by atoms with van der Waals surface area (Å²) in [4.78, 5) is 11.8. The minimum Gasteiger partial charge on any atom is -0.394 e. The minimum atomic E-state index is -2.33. The van der Waals surface area contributed by atoms with E-state index in [2.05, 4.69) is 5.32 Å². The van der Waals surface area contributed by atoms with Crippen molar-refractivity contribution in [2.24, 2.45) is 0 Å². The maximum Gasteiger partial charge on any atom is 0.251 e. The van der Waals surface area contributed by atoms with Crippen molar-refractivity contribution in [3.8, 4) is 0 Å². The first-order chi connectivity index (χ1) is 14.6. The third kappa shape index (κ3) is 2.48. The zero-order valence-electron chi connectivity index (χ0n) is 17.2. The van der Waals surface area contributed by atoms with Gasteiger partial charge >= 0.3 is 0 Å². The number of rotatable bonds is 5. The Bertz CT molecular complexity index is 994. The van der Waals surface area contributed by atoms with Gasteiger partial charge in [-0.25, -0.2) is 0 Å². The van der Waals surface area contributed by atoms with Gasteiger partial charge in [-0.05, 0) is 30.2 Å². The molecule has 2 aromatic carbocycles. The summed E-state index contributed by atoms with van der Waals surface area (Å²) in [5, 5.41) is 67.9. The normalized spacial score (nSPS) is 37.2. The predicted molar refractivity (Wildman–Crippen MR) is 110 cm³/mol. The van der Waals surface area contributed by atoms with Crippen LogP contribution < -0.4 is 5.32 Å². The molecule has 0 aliphatic heterocycles. The number of fused-ring (bicyclic) bond motifs is 1. The highest BCUT2D eigenvalue weighted by molar-refractivity contribution is 5.94. The van der Waals surface area contributed by atoms with E-state index in [9.17, 15) is 35.4 Å². The summed E-state index contributed by atoms with van der Waals surface area (Å²) >= 11 is 0. The van der Waals surface area contributed by atoms with E-state index in [1.165, 1.54) is 31.3 Å². The van der Waals surface area contributed by atoms with Gasteiger partial charge in [0, 0.05) is 18.5 Å². The summed E-state index contributed by atoms with van der Waals surface area (Å²) in [5.74, 6) is -2.69. The highest BCUT2D eigenvalue weighted by atomic mass is 16.5. The van der Waals surface area contributed by atoms with Gasteiger partial charge in [0.2, 0.25) is 0 Å². The van der Waals surface area contributed by atoms with E-state index < -0.39 is 47.5 Å². The van der Waals surface area contributed by atoms with Gasteiger partial charge in [0.25, 0.3) is 5.91 Å². The summed E-state index contributed by atoms with van der Waals surface area (Å²) in [6.45, 7) is 1.01.